The Bertz CT molecular complexity index is 4130. The van der Waals surface area contributed by atoms with Crippen LogP contribution in [-0.2, 0) is 48.0 Å². The number of anilines is 6. The summed E-state index contributed by atoms with van der Waals surface area (Å²) in [5.74, 6) is -1.03. The molecule has 3 aromatic heterocycles. The van der Waals surface area contributed by atoms with Gasteiger partial charge in [0.1, 0.15) is 41.3 Å². The van der Waals surface area contributed by atoms with Gasteiger partial charge in [0.15, 0.2) is 0 Å². The summed E-state index contributed by atoms with van der Waals surface area (Å²) in [5.41, 5.74) is 22.9. The van der Waals surface area contributed by atoms with E-state index >= 15 is 0 Å². The van der Waals surface area contributed by atoms with Crippen molar-refractivity contribution in [3.63, 3.8) is 0 Å². The number of carbonyl (C=O) groups is 9. The van der Waals surface area contributed by atoms with Gasteiger partial charge in [-0.05, 0) is 191 Å². The van der Waals surface area contributed by atoms with Crippen molar-refractivity contribution in [3.05, 3.63) is 156 Å². The van der Waals surface area contributed by atoms with Gasteiger partial charge in [0.05, 0.1) is 24.9 Å². The van der Waals surface area contributed by atoms with E-state index in [0.717, 1.165) is 113 Å². The number of urea groups is 3. The van der Waals surface area contributed by atoms with Gasteiger partial charge >= 0.3 is 18.1 Å². The Balaban J connectivity index is 0.000000173. The lowest BCUT2D eigenvalue weighted by Gasteiger charge is -2.46. The Morgan fingerprint density at radius 2 is 0.778 bits per heavy atom. The van der Waals surface area contributed by atoms with E-state index in [1.165, 1.54) is 54.7 Å². The van der Waals surface area contributed by atoms with E-state index in [1.54, 1.807) is 112 Å². The SMILES string of the molecule is CC[C@@H](NC(=O)N1C(=O)[C@H](Cc2ccnc(N)c2)[C@H]1C(=O)N(C)c1cccc(OC)c1)C1CCCCC1.CC[C@@H](NC(=O)N1C(=O)[C@H](Cc2ccnc(N)c2)[C@H]1C(=O)N(C)c1ccccc1)C1CCCCC1.CC[C@@H](NC(=O)N1C(=O)[C@H](Cc2ccnc(N)c2)[C@H]1C(=O)N(C)c1ccccc1C)C1CCCCC1. The molecule has 3 saturated carbocycles. The minimum Gasteiger partial charge on any atom is -0.497 e. The summed E-state index contributed by atoms with van der Waals surface area (Å²) in [6.45, 7) is 8.10. The number of rotatable bonds is 22. The van der Waals surface area contributed by atoms with E-state index in [4.69, 9.17) is 21.9 Å². The number of benzene rings is 3. The number of likely N-dealkylation sites (N-methyl/N-ethyl adjacent to an activating group) is 3. The summed E-state index contributed by atoms with van der Waals surface area (Å²) >= 11 is 0. The molecule has 0 radical (unpaired) electrons. The number of β-lactam (4-membered cyclic amide) rings is 3. The normalized spacial score (nSPS) is 20.9. The molecule has 3 saturated heterocycles. The van der Waals surface area contributed by atoms with Gasteiger partial charge in [-0.2, -0.15) is 0 Å². The number of imide groups is 3. The highest BCUT2D eigenvalue weighted by Crippen LogP contribution is 2.39. The monoisotopic (exact) mass is 1480 g/mol. The van der Waals surface area contributed by atoms with Crippen molar-refractivity contribution in [2.45, 2.75) is 199 Å². The van der Waals surface area contributed by atoms with Gasteiger partial charge in [0, 0.05) is 81.0 Å². The largest absolute Gasteiger partial charge is 0.497 e. The van der Waals surface area contributed by atoms with Crippen LogP contribution in [0.3, 0.4) is 0 Å². The molecule has 0 spiro atoms. The first-order valence-electron chi connectivity index (χ1n) is 38.6. The molecule has 12 rings (SSSR count). The predicted molar refractivity (Wildman–Crippen MR) is 418 cm³/mol. The highest BCUT2D eigenvalue weighted by atomic mass is 16.5. The standard InChI is InChI=1S/C28H37N5O4.C28H37N5O3.C27H35N5O3/c1-4-23(19-9-6-5-7-10-19)31-28(36)33-25(22(26(33)34)15-18-13-14-30-24(29)16-18)27(35)32(2)20-11-8-12-21(17-20)37-3;1-4-22(20-11-6-5-7-12-20)31-28(36)33-25(27(35)32(3)23-13-9-8-10-18(23)2)21(26(33)34)16-19-14-15-30-24(29)17-19;1-3-22(19-10-6-4-7-11-19)30-27(35)32-24(26(34)31(2)20-12-8-5-9-13-20)21(25(32)33)16-18-14-15-29-23(28)17-18/h8,11-14,16-17,19,22-23,25H,4-7,9-10,15H2,1-3H3,(H2,29,30)(H,31,36);8-10,13-15,17,20-22,25H,4-7,11-12,16H2,1-3H3,(H2,29,30)(H,31,36);5,8-9,12-15,17,19,21-22,24H,3-4,6-7,10-11,16H2,1-2H3,(H2,28,29)(H,30,35)/t22-,23-,25+;21-,22-,25+;21-,22-,24+/m111/s1. The number of ether oxygens (including phenoxy) is 1. The van der Waals surface area contributed by atoms with Crippen LogP contribution in [-0.4, -0.2) is 148 Å². The number of pyridine rings is 3. The van der Waals surface area contributed by atoms with Gasteiger partial charge in [-0.3, -0.25) is 43.5 Å². The van der Waals surface area contributed by atoms with E-state index in [-0.39, 0.29) is 60.0 Å². The first kappa shape index (κ1) is 80.1. The van der Waals surface area contributed by atoms with E-state index in [0.29, 0.717) is 65.2 Å². The lowest BCUT2D eigenvalue weighted by molar-refractivity contribution is -0.156. The molecule has 6 fully saturated rings. The van der Waals surface area contributed by atoms with Gasteiger partial charge in [-0.25, -0.2) is 29.3 Å². The lowest BCUT2D eigenvalue weighted by atomic mass is 9.81. The molecular formula is C83H109N15O10. The van der Waals surface area contributed by atoms with E-state index in [1.807, 2.05) is 68.4 Å². The van der Waals surface area contributed by atoms with Crippen LogP contribution >= 0.6 is 0 Å². The number of aromatic nitrogens is 3. The molecule has 0 unspecified atom stereocenters. The summed E-state index contributed by atoms with van der Waals surface area (Å²) in [4.78, 5) is 141. The summed E-state index contributed by atoms with van der Waals surface area (Å²) < 4.78 is 5.30. The Hall–Kier alpha value is -10.5. The van der Waals surface area contributed by atoms with E-state index < -0.39 is 54.0 Å². The number of aryl methyl sites for hydroxylation is 1. The van der Waals surface area contributed by atoms with E-state index in [2.05, 4.69) is 44.7 Å². The van der Waals surface area contributed by atoms with Crippen molar-refractivity contribution in [2.75, 3.05) is 60.2 Å². The Labute approximate surface area is 634 Å². The van der Waals surface area contributed by atoms with Crippen molar-refractivity contribution >= 4 is 88.1 Å². The number of para-hydroxylation sites is 2. The molecule has 6 aliphatic rings. The number of nitrogens with two attached hydrogens (primary N) is 3. The number of carbonyl (C=O) groups excluding carboxylic acids is 9. The molecule has 25 heteroatoms. The predicted octanol–water partition coefficient (Wildman–Crippen LogP) is 11.6. The summed E-state index contributed by atoms with van der Waals surface area (Å²) in [6.07, 6.45) is 25.1. The summed E-state index contributed by atoms with van der Waals surface area (Å²) in [7, 11) is 6.58. The number of likely N-dealkylation sites (tertiary alicyclic amines) is 3. The van der Waals surface area contributed by atoms with Gasteiger partial charge < -0.3 is 52.6 Å². The average molecular weight is 1480 g/mol. The van der Waals surface area contributed by atoms with Crippen LogP contribution in [0.5, 0.6) is 5.75 Å². The minimum atomic E-state index is -0.929. The van der Waals surface area contributed by atoms with Gasteiger partial charge in [-0.15, -0.1) is 0 Å². The van der Waals surface area contributed by atoms with Crippen LogP contribution in [0.2, 0.25) is 0 Å². The van der Waals surface area contributed by atoms with E-state index in [9.17, 15) is 43.2 Å². The number of hydrogen-bond acceptors (Lipinski definition) is 16. The number of methoxy groups -OCH3 is 1. The molecule has 6 aromatic rings. The quantitative estimate of drug-likeness (QED) is 0.0344. The number of nitrogens with zero attached hydrogens (tertiary/aromatic N) is 9. The van der Waals surface area contributed by atoms with Gasteiger partial charge in [0.2, 0.25) is 17.7 Å². The molecule has 576 valence electrons. The molecule has 3 aliphatic heterocycles. The number of hydrogen-bond donors (Lipinski definition) is 6. The van der Waals surface area contributed by atoms with Crippen LogP contribution in [0.15, 0.2) is 134 Å². The second kappa shape index (κ2) is 37.4. The second-order valence-corrected chi connectivity index (χ2v) is 29.8. The van der Waals surface area contributed by atoms with Crippen molar-refractivity contribution < 1.29 is 47.9 Å². The molecule has 0 bridgehead atoms. The Kier molecular flexibility index (Phi) is 27.7. The molecule has 3 aliphatic carbocycles. The molecule has 25 nitrogen and oxygen atoms in total. The van der Waals surface area contributed by atoms with Crippen LogP contribution in [0.25, 0.3) is 0 Å². The van der Waals surface area contributed by atoms with Crippen LogP contribution in [0.1, 0.15) is 159 Å². The molecule has 3 aromatic carbocycles. The number of amides is 12. The van der Waals surface area contributed by atoms with Crippen molar-refractivity contribution in [2.24, 2.45) is 35.5 Å². The number of nitrogen functional groups attached to an aromatic ring is 3. The summed E-state index contributed by atoms with van der Waals surface area (Å²) in [5, 5.41) is 9.28. The van der Waals surface area contributed by atoms with Crippen molar-refractivity contribution in [3.8, 4) is 5.75 Å². The smallest absolute Gasteiger partial charge is 0.325 e. The third-order valence-corrected chi connectivity index (χ3v) is 22.9. The fourth-order valence-electron chi connectivity index (χ4n) is 16.7. The van der Waals surface area contributed by atoms with Crippen molar-refractivity contribution in [1.82, 2.24) is 45.6 Å². The molecule has 6 heterocycles. The average Bonchev–Trinajstić information content (AvgIpc) is 0.752. The zero-order chi connectivity index (χ0) is 77.3. The zero-order valence-corrected chi connectivity index (χ0v) is 63.8. The first-order chi connectivity index (χ1) is 52.0. The maximum Gasteiger partial charge on any atom is 0.325 e. The third-order valence-electron chi connectivity index (χ3n) is 22.9. The van der Waals surface area contributed by atoms with Gasteiger partial charge in [0.25, 0.3) is 17.7 Å². The highest BCUT2D eigenvalue weighted by Gasteiger charge is 2.58. The lowest BCUT2D eigenvalue weighted by Crippen LogP contribution is -2.71. The van der Waals surface area contributed by atoms with Crippen LogP contribution in [0, 0.1) is 42.4 Å². The Morgan fingerprint density at radius 3 is 1.12 bits per heavy atom. The molecule has 9 N–H and O–H groups in total. The minimum absolute atomic E-state index is 0.00255. The fraction of sp³-hybridized carbons (Fsp3) is 0.494. The van der Waals surface area contributed by atoms with Crippen LogP contribution < -0.4 is 52.6 Å². The maximum absolute atomic E-state index is 13.8. The summed E-state index contributed by atoms with van der Waals surface area (Å²) in [6, 6.07) is 30.2. The highest BCUT2D eigenvalue weighted by molar-refractivity contribution is 6.15. The van der Waals surface area contributed by atoms with Crippen LogP contribution in [0.4, 0.5) is 48.9 Å². The Morgan fingerprint density at radius 1 is 0.444 bits per heavy atom. The number of nitrogens with one attached hydrogen (secondary N) is 3. The zero-order valence-electron chi connectivity index (χ0n) is 63.8. The first-order valence-corrected chi connectivity index (χ1v) is 38.6. The molecule has 108 heavy (non-hydrogen) atoms. The molecule has 12 amide bonds. The topological polar surface area (TPSA) is 335 Å². The molecule has 9 atom stereocenters. The second-order valence-electron chi connectivity index (χ2n) is 29.8. The van der Waals surface area contributed by atoms with Crippen molar-refractivity contribution in [1.29, 1.82) is 0 Å². The fourth-order valence-corrected chi connectivity index (χ4v) is 16.7. The molecular weight excluding hydrogens is 1370 g/mol. The maximum atomic E-state index is 13.8. The third kappa shape index (κ3) is 18.9. The van der Waals surface area contributed by atoms with Gasteiger partial charge in [-0.1, -0.05) is 121 Å².